The first kappa shape index (κ1) is 19.6. The summed E-state index contributed by atoms with van der Waals surface area (Å²) in [7, 11) is -0.409. The zero-order valence-electron chi connectivity index (χ0n) is 15.4. The summed E-state index contributed by atoms with van der Waals surface area (Å²) >= 11 is 0. The Balaban J connectivity index is 1.85. The Labute approximate surface area is 163 Å². The van der Waals surface area contributed by atoms with Gasteiger partial charge >= 0.3 is 0 Å². The highest BCUT2D eigenvalue weighted by molar-refractivity contribution is 7.88. The van der Waals surface area contributed by atoms with Crippen molar-refractivity contribution in [1.29, 1.82) is 0 Å². The minimum Gasteiger partial charge on any atom is -0.493 e. The summed E-state index contributed by atoms with van der Waals surface area (Å²) in [5.74, 6) is 1.57. The average Bonchev–Trinajstić information content (AvgIpc) is 2.68. The van der Waals surface area contributed by atoms with E-state index >= 15 is 0 Å². The number of benzene rings is 2. The molecule has 0 aliphatic heterocycles. The fraction of sp³-hybridized carbons (Fsp3) is 0.158. The number of anilines is 2. The van der Waals surface area contributed by atoms with Gasteiger partial charge in [-0.1, -0.05) is 18.2 Å². The third kappa shape index (κ3) is 4.76. The highest BCUT2D eigenvalue weighted by Crippen LogP contribution is 2.37. The molecule has 3 aromatic rings. The molecule has 0 saturated carbocycles. The maximum absolute atomic E-state index is 11.2. The van der Waals surface area contributed by atoms with E-state index in [2.05, 4.69) is 15.3 Å². The number of primary sulfonamides is 1. The van der Waals surface area contributed by atoms with Crippen LogP contribution in [0.4, 0.5) is 11.5 Å². The number of ether oxygens (including phenoxy) is 2. The standard InChI is InChI=1S/C19H20N4O4S/c1-26-17-5-3-4-15(19(17)27-2)16-10-18(22-12-21-16)23-14-8-6-13(7-9-14)11-28(20,24)25/h3-10,12H,11H2,1-2H3,(H2,20,24,25)(H,21,22,23). The lowest BCUT2D eigenvalue weighted by atomic mass is 10.1. The van der Waals surface area contributed by atoms with Crippen molar-refractivity contribution in [3.63, 3.8) is 0 Å². The van der Waals surface area contributed by atoms with E-state index in [1.165, 1.54) is 6.33 Å². The summed E-state index contributed by atoms with van der Waals surface area (Å²) in [5, 5.41) is 8.23. The van der Waals surface area contributed by atoms with Crippen LogP contribution in [0.15, 0.2) is 54.9 Å². The molecule has 0 saturated heterocycles. The molecule has 3 N–H and O–H groups in total. The molecule has 0 aliphatic carbocycles. The lowest BCUT2D eigenvalue weighted by molar-refractivity contribution is 0.356. The molecule has 1 heterocycles. The number of aromatic nitrogens is 2. The number of nitrogens with zero attached hydrogens (tertiary/aromatic N) is 2. The maximum atomic E-state index is 11.2. The third-order valence-electron chi connectivity index (χ3n) is 3.94. The van der Waals surface area contributed by atoms with Crippen LogP contribution in [0.5, 0.6) is 11.5 Å². The van der Waals surface area contributed by atoms with E-state index in [-0.39, 0.29) is 5.75 Å². The van der Waals surface area contributed by atoms with E-state index in [4.69, 9.17) is 14.6 Å². The number of nitrogens with one attached hydrogen (secondary N) is 1. The number of rotatable bonds is 7. The summed E-state index contributed by atoms with van der Waals surface area (Å²) in [6, 6.07) is 14.2. The quantitative estimate of drug-likeness (QED) is 0.626. The second kappa shape index (κ2) is 8.24. The number of para-hydroxylation sites is 1. The predicted molar refractivity (Wildman–Crippen MR) is 107 cm³/mol. The molecule has 0 fully saturated rings. The van der Waals surface area contributed by atoms with E-state index in [0.29, 0.717) is 28.6 Å². The van der Waals surface area contributed by atoms with E-state index in [0.717, 1.165) is 11.3 Å². The first-order chi connectivity index (χ1) is 13.4. The Morgan fingerprint density at radius 2 is 1.79 bits per heavy atom. The van der Waals surface area contributed by atoms with Gasteiger partial charge in [0.05, 0.1) is 25.7 Å². The zero-order chi connectivity index (χ0) is 20.1. The van der Waals surface area contributed by atoms with Gasteiger partial charge in [-0.3, -0.25) is 0 Å². The van der Waals surface area contributed by atoms with Gasteiger partial charge in [0.15, 0.2) is 11.5 Å². The normalized spacial score (nSPS) is 11.1. The van der Waals surface area contributed by atoms with Gasteiger partial charge in [0, 0.05) is 17.3 Å². The van der Waals surface area contributed by atoms with Gasteiger partial charge in [-0.05, 0) is 29.8 Å². The molecule has 28 heavy (non-hydrogen) atoms. The number of hydrogen-bond donors (Lipinski definition) is 2. The van der Waals surface area contributed by atoms with Crippen LogP contribution in [-0.4, -0.2) is 32.6 Å². The lowest BCUT2D eigenvalue weighted by Crippen LogP contribution is -2.14. The molecule has 8 nitrogen and oxygen atoms in total. The Kier molecular flexibility index (Phi) is 5.76. The molecular formula is C19H20N4O4S. The van der Waals surface area contributed by atoms with Crippen LogP contribution < -0.4 is 19.9 Å². The number of hydrogen-bond acceptors (Lipinski definition) is 7. The summed E-state index contributed by atoms with van der Waals surface area (Å²) in [6.45, 7) is 0. The first-order valence-electron chi connectivity index (χ1n) is 8.29. The third-order valence-corrected chi connectivity index (χ3v) is 4.68. The van der Waals surface area contributed by atoms with Crippen LogP contribution in [0.3, 0.4) is 0 Å². The van der Waals surface area contributed by atoms with Crippen molar-refractivity contribution in [2.75, 3.05) is 19.5 Å². The molecule has 146 valence electrons. The fourth-order valence-electron chi connectivity index (χ4n) is 2.73. The summed E-state index contributed by atoms with van der Waals surface area (Å²) in [5.41, 5.74) is 2.80. The predicted octanol–water partition coefficient (Wildman–Crippen LogP) is 2.69. The average molecular weight is 400 g/mol. The Morgan fingerprint density at radius 1 is 1.04 bits per heavy atom. The zero-order valence-corrected chi connectivity index (χ0v) is 16.2. The van der Waals surface area contributed by atoms with Crippen molar-refractivity contribution in [3.8, 4) is 22.8 Å². The molecule has 2 aromatic carbocycles. The van der Waals surface area contributed by atoms with Crippen molar-refractivity contribution in [2.45, 2.75) is 5.75 Å². The van der Waals surface area contributed by atoms with Crippen LogP contribution in [0.2, 0.25) is 0 Å². The Bertz CT molecular complexity index is 1070. The van der Waals surface area contributed by atoms with Crippen LogP contribution in [0.1, 0.15) is 5.56 Å². The van der Waals surface area contributed by atoms with Crippen molar-refractivity contribution in [3.05, 3.63) is 60.4 Å². The highest BCUT2D eigenvalue weighted by Gasteiger charge is 2.13. The van der Waals surface area contributed by atoms with Gasteiger partial charge < -0.3 is 14.8 Å². The second-order valence-electron chi connectivity index (χ2n) is 5.96. The highest BCUT2D eigenvalue weighted by atomic mass is 32.2. The van der Waals surface area contributed by atoms with E-state index < -0.39 is 10.0 Å². The SMILES string of the molecule is COc1cccc(-c2cc(Nc3ccc(CS(N)(=O)=O)cc3)ncn2)c1OC. The van der Waals surface area contributed by atoms with Gasteiger partial charge in [0.1, 0.15) is 12.1 Å². The van der Waals surface area contributed by atoms with Crippen LogP contribution in [0, 0.1) is 0 Å². The van der Waals surface area contributed by atoms with Crippen LogP contribution in [0.25, 0.3) is 11.3 Å². The van der Waals surface area contributed by atoms with Gasteiger partial charge in [0.25, 0.3) is 0 Å². The fourth-order valence-corrected chi connectivity index (χ4v) is 3.38. The van der Waals surface area contributed by atoms with Gasteiger partial charge in [0.2, 0.25) is 10.0 Å². The largest absolute Gasteiger partial charge is 0.493 e. The monoisotopic (exact) mass is 400 g/mol. The molecule has 0 bridgehead atoms. The number of sulfonamides is 1. The Morgan fingerprint density at radius 3 is 2.43 bits per heavy atom. The number of nitrogens with two attached hydrogens (primary N) is 1. The van der Waals surface area contributed by atoms with E-state index in [1.54, 1.807) is 44.6 Å². The molecular weight excluding hydrogens is 380 g/mol. The molecule has 1 aromatic heterocycles. The van der Waals surface area contributed by atoms with Gasteiger partial charge in [-0.25, -0.2) is 23.5 Å². The van der Waals surface area contributed by atoms with Crippen molar-refractivity contribution < 1.29 is 17.9 Å². The summed E-state index contributed by atoms with van der Waals surface area (Å²) in [4.78, 5) is 8.55. The molecule has 9 heteroatoms. The molecule has 0 aliphatic rings. The first-order valence-corrected chi connectivity index (χ1v) is 10.0. The van der Waals surface area contributed by atoms with E-state index in [1.807, 2.05) is 18.2 Å². The van der Waals surface area contributed by atoms with Gasteiger partial charge in [-0.15, -0.1) is 0 Å². The number of methoxy groups -OCH3 is 2. The van der Waals surface area contributed by atoms with Crippen LogP contribution in [-0.2, 0) is 15.8 Å². The molecule has 3 rings (SSSR count). The van der Waals surface area contributed by atoms with Crippen molar-refractivity contribution in [1.82, 2.24) is 9.97 Å². The molecule has 0 amide bonds. The van der Waals surface area contributed by atoms with Crippen molar-refractivity contribution >= 4 is 21.5 Å². The van der Waals surface area contributed by atoms with E-state index in [9.17, 15) is 8.42 Å². The van der Waals surface area contributed by atoms with Crippen LogP contribution >= 0.6 is 0 Å². The summed E-state index contributed by atoms with van der Waals surface area (Å²) in [6.07, 6.45) is 1.45. The summed E-state index contributed by atoms with van der Waals surface area (Å²) < 4.78 is 33.1. The second-order valence-corrected chi connectivity index (χ2v) is 7.57. The minimum absolute atomic E-state index is 0.208. The lowest BCUT2D eigenvalue weighted by Gasteiger charge is -2.13. The van der Waals surface area contributed by atoms with Crippen molar-refractivity contribution in [2.24, 2.45) is 5.14 Å². The molecule has 0 radical (unpaired) electrons. The smallest absolute Gasteiger partial charge is 0.213 e. The minimum atomic E-state index is -3.56. The molecule has 0 unspecified atom stereocenters. The topological polar surface area (TPSA) is 116 Å². The maximum Gasteiger partial charge on any atom is 0.213 e. The van der Waals surface area contributed by atoms with Gasteiger partial charge in [-0.2, -0.15) is 0 Å². The Hall–Kier alpha value is -3.17. The molecule has 0 atom stereocenters. The molecule has 0 spiro atoms.